The molecule has 0 amide bonds. The van der Waals surface area contributed by atoms with Crippen LogP contribution in [0.4, 0.5) is 0 Å². The molecule has 0 atom stereocenters. The molecule has 72 valence electrons. The van der Waals surface area contributed by atoms with Crippen LogP contribution in [0.5, 0.6) is 0 Å². The van der Waals surface area contributed by atoms with Crippen LogP contribution in [0.1, 0.15) is 26.7 Å². The van der Waals surface area contributed by atoms with Gasteiger partial charge in [0.15, 0.2) is 0 Å². The highest BCUT2D eigenvalue weighted by molar-refractivity contribution is 4.77. The zero-order valence-corrected chi connectivity index (χ0v) is 8.43. The predicted molar refractivity (Wildman–Crippen MR) is 51.9 cm³/mol. The summed E-state index contributed by atoms with van der Waals surface area (Å²) in [6.07, 6.45) is 2.53. The van der Waals surface area contributed by atoms with Gasteiger partial charge in [-0.15, -0.1) is 0 Å². The lowest BCUT2D eigenvalue weighted by Crippen LogP contribution is -2.48. The van der Waals surface area contributed by atoms with Crippen LogP contribution >= 0.6 is 0 Å². The SMILES string of the molecule is CNNC1CCN(C(C)C)CC1. The van der Waals surface area contributed by atoms with Crippen LogP contribution < -0.4 is 10.9 Å². The summed E-state index contributed by atoms with van der Waals surface area (Å²) in [6, 6.07) is 1.38. The average Bonchev–Trinajstić information content (AvgIpc) is 2.06. The number of nitrogens with zero attached hydrogens (tertiary/aromatic N) is 1. The van der Waals surface area contributed by atoms with Gasteiger partial charge in [-0.3, -0.25) is 10.9 Å². The zero-order valence-electron chi connectivity index (χ0n) is 8.43. The minimum Gasteiger partial charge on any atom is -0.301 e. The van der Waals surface area contributed by atoms with Crippen molar-refractivity contribution in [3.8, 4) is 0 Å². The third-order valence-electron chi connectivity index (χ3n) is 2.61. The largest absolute Gasteiger partial charge is 0.301 e. The van der Waals surface area contributed by atoms with Crippen LogP contribution in [0.25, 0.3) is 0 Å². The van der Waals surface area contributed by atoms with Gasteiger partial charge < -0.3 is 4.90 Å². The fourth-order valence-electron chi connectivity index (χ4n) is 1.76. The Labute approximate surface area is 75.5 Å². The van der Waals surface area contributed by atoms with E-state index in [2.05, 4.69) is 29.6 Å². The number of piperidine rings is 1. The third-order valence-corrected chi connectivity index (χ3v) is 2.61. The smallest absolute Gasteiger partial charge is 0.0237 e. The van der Waals surface area contributed by atoms with Crippen molar-refractivity contribution < 1.29 is 0 Å². The maximum Gasteiger partial charge on any atom is 0.0237 e. The van der Waals surface area contributed by atoms with Crippen LogP contribution in [0, 0.1) is 0 Å². The number of hydrogen-bond acceptors (Lipinski definition) is 3. The molecule has 0 saturated carbocycles. The molecule has 0 aromatic carbocycles. The van der Waals surface area contributed by atoms with Gasteiger partial charge >= 0.3 is 0 Å². The van der Waals surface area contributed by atoms with Crippen molar-refractivity contribution in [2.75, 3.05) is 20.1 Å². The molecule has 1 rings (SSSR count). The Hall–Kier alpha value is -0.120. The molecule has 0 unspecified atom stereocenters. The Morgan fingerprint density at radius 3 is 2.25 bits per heavy atom. The van der Waals surface area contributed by atoms with Crippen molar-refractivity contribution in [1.82, 2.24) is 15.8 Å². The summed E-state index contributed by atoms with van der Waals surface area (Å²) in [5.74, 6) is 0. The summed E-state index contributed by atoms with van der Waals surface area (Å²) in [4.78, 5) is 2.54. The van der Waals surface area contributed by atoms with Gasteiger partial charge in [-0.05, 0) is 46.8 Å². The Balaban J connectivity index is 2.20. The fraction of sp³-hybridized carbons (Fsp3) is 1.00. The maximum absolute atomic E-state index is 3.27. The Morgan fingerprint density at radius 2 is 1.83 bits per heavy atom. The molecule has 1 fully saturated rings. The van der Waals surface area contributed by atoms with Gasteiger partial charge in [0.25, 0.3) is 0 Å². The highest BCUT2D eigenvalue weighted by atomic mass is 15.4. The zero-order chi connectivity index (χ0) is 8.97. The lowest BCUT2D eigenvalue weighted by atomic mass is 10.0. The van der Waals surface area contributed by atoms with Crippen molar-refractivity contribution in [2.45, 2.75) is 38.8 Å². The molecule has 1 heterocycles. The molecular formula is C9H21N3. The van der Waals surface area contributed by atoms with E-state index in [1.165, 1.54) is 25.9 Å². The maximum atomic E-state index is 3.27. The van der Waals surface area contributed by atoms with Crippen LogP contribution in [0.2, 0.25) is 0 Å². The monoisotopic (exact) mass is 171 g/mol. The Bertz CT molecular complexity index is 117. The first kappa shape index (κ1) is 9.96. The second-order valence-electron chi connectivity index (χ2n) is 3.80. The first-order chi connectivity index (χ1) is 5.74. The van der Waals surface area contributed by atoms with Gasteiger partial charge in [0.05, 0.1) is 0 Å². The second-order valence-corrected chi connectivity index (χ2v) is 3.80. The van der Waals surface area contributed by atoms with Gasteiger partial charge in [0.1, 0.15) is 0 Å². The van der Waals surface area contributed by atoms with Crippen molar-refractivity contribution in [1.29, 1.82) is 0 Å². The van der Waals surface area contributed by atoms with E-state index in [0.717, 1.165) is 0 Å². The van der Waals surface area contributed by atoms with Crippen LogP contribution in [0.3, 0.4) is 0 Å². The summed E-state index contributed by atoms with van der Waals surface area (Å²) in [6.45, 7) is 7.01. The second kappa shape index (κ2) is 4.80. The molecule has 0 aromatic rings. The molecule has 0 bridgehead atoms. The van der Waals surface area contributed by atoms with E-state index >= 15 is 0 Å². The number of hydrazine groups is 1. The number of nitrogens with one attached hydrogen (secondary N) is 2. The number of likely N-dealkylation sites (tertiary alicyclic amines) is 1. The molecule has 3 nitrogen and oxygen atoms in total. The highest BCUT2D eigenvalue weighted by Crippen LogP contribution is 2.11. The van der Waals surface area contributed by atoms with E-state index in [-0.39, 0.29) is 0 Å². The normalized spacial score (nSPS) is 22.0. The number of rotatable bonds is 3. The minimum atomic E-state index is 0.671. The molecule has 0 spiro atoms. The summed E-state index contributed by atoms with van der Waals surface area (Å²) in [5.41, 5.74) is 6.28. The van der Waals surface area contributed by atoms with E-state index in [1.807, 2.05) is 7.05 Å². The van der Waals surface area contributed by atoms with Gasteiger partial charge in [-0.1, -0.05) is 0 Å². The summed E-state index contributed by atoms with van der Waals surface area (Å²) in [5, 5.41) is 0. The van der Waals surface area contributed by atoms with Gasteiger partial charge in [-0.25, -0.2) is 0 Å². The van der Waals surface area contributed by atoms with E-state index < -0.39 is 0 Å². The summed E-state index contributed by atoms with van der Waals surface area (Å²) in [7, 11) is 1.94. The van der Waals surface area contributed by atoms with Gasteiger partial charge in [-0.2, -0.15) is 0 Å². The minimum absolute atomic E-state index is 0.671. The first-order valence-electron chi connectivity index (χ1n) is 4.90. The molecular weight excluding hydrogens is 150 g/mol. The molecule has 0 aliphatic carbocycles. The van der Waals surface area contributed by atoms with Crippen molar-refractivity contribution >= 4 is 0 Å². The van der Waals surface area contributed by atoms with E-state index in [9.17, 15) is 0 Å². The lowest BCUT2D eigenvalue weighted by molar-refractivity contribution is 0.157. The van der Waals surface area contributed by atoms with E-state index in [4.69, 9.17) is 0 Å². The standard InChI is InChI=1S/C9H21N3/c1-8(2)12-6-4-9(5-7-12)11-10-3/h8-11H,4-7H2,1-3H3. The van der Waals surface area contributed by atoms with E-state index in [1.54, 1.807) is 0 Å². The van der Waals surface area contributed by atoms with Crippen molar-refractivity contribution in [3.63, 3.8) is 0 Å². The lowest BCUT2D eigenvalue weighted by Gasteiger charge is -2.34. The van der Waals surface area contributed by atoms with Crippen LogP contribution in [0.15, 0.2) is 0 Å². The topological polar surface area (TPSA) is 27.3 Å². The van der Waals surface area contributed by atoms with Gasteiger partial charge in [0.2, 0.25) is 0 Å². The fourth-order valence-corrected chi connectivity index (χ4v) is 1.76. The first-order valence-corrected chi connectivity index (χ1v) is 4.90. The van der Waals surface area contributed by atoms with Crippen molar-refractivity contribution in [2.24, 2.45) is 0 Å². The van der Waals surface area contributed by atoms with Crippen molar-refractivity contribution in [3.05, 3.63) is 0 Å². The molecule has 3 heteroatoms. The summed E-state index contributed by atoms with van der Waals surface area (Å²) >= 11 is 0. The van der Waals surface area contributed by atoms with E-state index in [0.29, 0.717) is 12.1 Å². The third kappa shape index (κ3) is 2.73. The number of hydrogen-bond donors (Lipinski definition) is 2. The summed E-state index contributed by atoms with van der Waals surface area (Å²) < 4.78 is 0. The molecule has 1 aliphatic heterocycles. The molecule has 1 saturated heterocycles. The van der Waals surface area contributed by atoms with Gasteiger partial charge in [0, 0.05) is 12.1 Å². The van der Waals surface area contributed by atoms with Crippen LogP contribution in [-0.2, 0) is 0 Å². The average molecular weight is 171 g/mol. The Kier molecular flexibility index (Phi) is 3.98. The highest BCUT2D eigenvalue weighted by Gasteiger charge is 2.19. The molecule has 1 aliphatic rings. The van der Waals surface area contributed by atoms with Crippen LogP contribution in [-0.4, -0.2) is 37.1 Å². The predicted octanol–water partition coefficient (Wildman–Crippen LogP) is 0.583. The molecule has 0 radical (unpaired) electrons. The molecule has 12 heavy (non-hydrogen) atoms. The quantitative estimate of drug-likeness (QED) is 0.608. The molecule has 2 N–H and O–H groups in total. The Morgan fingerprint density at radius 1 is 1.25 bits per heavy atom. The molecule has 0 aromatic heterocycles.